The number of anilines is 2. The number of carbonyl (C=O) groups is 2. The van der Waals surface area contributed by atoms with E-state index >= 15 is 0 Å². The summed E-state index contributed by atoms with van der Waals surface area (Å²) in [7, 11) is 1.62. The molecule has 104 valence electrons. The Labute approximate surface area is 119 Å². The van der Waals surface area contributed by atoms with E-state index in [1.165, 1.54) is 17.0 Å². The van der Waals surface area contributed by atoms with Crippen LogP contribution in [0.2, 0.25) is 0 Å². The first-order valence-corrected chi connectivity index (χ1v) is 6.56. The molecular formula is C13H13N3O3S. The Hall–Kier alpha value is -2.41. The van der Waals surface area contributed by atoms with E-state index < -0.39 is 5.97 Å². The first-order valence-electron chi connectivity index (χ1n) is 5.74. The Bertz CT molecular complexity index is 664. The molecule has 1 heterocycles. The van der Waals surface area contributed by atoms with E-state index in [-0.39, 0.29) is 11.5 Å². The highest BCUT2D eigenvalue weighted by Gasteiger charge is 2.19. The molecular weight excluding hydrogens is 278 g/mol. The van der Waals surface area contributed by atoms with Crippen LogP contribution >= 0.6 is 11.3 Å². The standard InChI is InChI=1S/C13H13N3O3S/c1-7-10(20-13(14)15-7)11(17)16(2)9-5-3-8(4-6-9)12(18)19/h3-6H,1-2H3,(H2,14,15)(H,18,19). The van der Waals surface area contributed by atoms with E-state index in [0.717, 1.165) is 11.3 Å². The highest BCUT2D eigenvalue weighted by molar-refractivity contribution is 7.17. The molecule has 3 N–H and O–H groups in total. The van der Waals surface area contributed by atoms with Gasteiger partial charge in [-0.3, -0.25) is 4.79 Å². The lowest BCUT2D eigenvalue weighted by Gasteiger charge is -2.16. The Balaban J connectivity index is 2.26. The maximum absolute atomic E-state index is 12.3. The molecule has 20 heavy (non-hydrogen) atoms. The molecule has 2 aromatic rings. The second-order valence-electron chi connectivity index (χ2n) is 4.18. The van der Waals surface area contributed by atoms with E-state index in [1.807, 2.05) is 0 Å². The van der Waals surface area contributed by atoms with Gasteiger partial charge in [0.05, 0.1) is 11.3 Å². The summed E-state index contributed by atoms with van der Waals surface area (Å²) in [6.07, 6.45) is 0. The number of thiazole rings is 1. The van der Waals surface area contributed by atoms with Crippen molar-refractivity contribution in [3.05, 3.63) is 40.4 Å². The summed E-state index contributed by atoms with van der Waals surface area (Å²) < 4.78 is 0. The van der Waals surface area contributed by atoms with Crippen LogP contribution in [0.5, 0.6) is 0 Å². The Kier molecular flexibility index (Phi) is 3.71. The van der Waals surface area contributed by atoms with Gasteiger partial charge in [0.2, 0.25) is 0 Å². The van der Waals surface area contributed by atoms with Crippen molar-refractivity contribution in [1.29, 1.82) is 0 Å². The third-order valence-corrected chi connectivity index (χ3v) is 3.79. The van der Waals surface area contributed by atoms with Crippen molar-refractivity contribution in [3.8, 4) is 0 Å². The maximum Gasteiger partial charge on any atom is 0.335 e. The molecule has 0 saturated heterocycles. The molecule has 6 nitrogen and oxygen atoms in total. The summed E-state index contributed by atoms with van der Waals surface area (Å²) in [6.45, 7) is 1.72. The SMILES string of the molecule is Cc1nc(N)sc1C(=O)N(C)c1ccc(C(=O)O)cc1. The lowest BCUT2D eigenvalue weighted by Crippen LogP contribution is -2.26. The van der Waals surface area contributed by atoms with Crippen molar-refractivity contribution in [1.82, 2.24) is 4.98 Å². The van der Waals surface area contributed by atoms with Crippen LogP contribution < -0.4 is 10.6 Å². The summed E-state index contributed by atoms with van der Waals surface area (Å²) in [5, 5.41) is 9.19. The van der Waals surface area contributed by atoms with Crippen molar-refractivity contribution < 1.29 is 14.7 Å². The zero-order chi connectivity index (χ0) is 14.9. The van der Waals surface area contributed by atoms with E-state index in [2.05, 4.69) is 4.98 Å². The van der Waals surface area contributed by atoms with Gasteiger partial charge in [-0.25, -0.2) is 9.78 Å². The Morgan fingerprint density at radius 2 is 1.90 bits per heavy atom. The molecule has 0 spiro atoms. The van der Waals surface area contributed by atoms with Gasteiger partial charge < -0.3 is 15.7 Å². The number of aromatic carboxylic acids is 1. The number of benzene rings is 1. The van der Waals surface area contributed by atoms with Gasteiger partial charge in [-0.05, 0) is 31.2 Å². The summed E-state index contributed by atoms with van der Waals surface area (Å²) in [5.74, 6) is -1.23. The van der Waals surface area contributed by atoms with Gasteiger partial charge in [0, 0.05) is 12.7 Å². The zero-order valence-electron chi connectivity index (χ0n) is 11.0. The van der Waals surface area contributed by atoms with Crippen LogP contribution in [0.25, 0.3) is 0 Å². The third-order valence-electron chi connectivity index (χ3n) is 2.81. The van der Waals surface area contributed by atoms with Gasteiger partial charge in [0.25, 0.3) is 5.91 Å². The fourth-order valence-electron chi connectivity index (χ4n) is 1.71. The van der Waals surface area contributed by atoms with Crippen molar-refractivity contribution >= 4 is 34.0 Å². The van der Waals surface area contributed by atoms with Gasteiger partial charge in [-0.1, -0.05) is 11.3 Å². The number of nitrogen functional groups attached to an aromatic ring is 1. The summed E-state index contributed by atoms with van der Waals surface area (Å²) >= 11 is 1.13. The molecule has 0 atom stereocenters. The van der Waals surface area contributed by atoms with Crippen LogP contribution in [0.4, 0.5) is 10.8 Å². The number of nitrogens with two attached hydrogens (primary N) is 1. The molecule has 0 saturated carbocycles. The topological polar surface area (TPSA) is 96.5 Å². The summed E-state index contributed by atoms with van der Waals surface area (Å²) in [5.41, 5.74) is 6.95. The summed E-state index contributed by atoms with van der Waals surface area (Å²) in [6, 6.07) is 6.08. The fourth-order valence-corrected chi connectivity index (χ4v) is 2.52. The van der Waals surface area contributed by atoms with Gasteiger partial charge in [-0.2, -0.15) is 0 Å². The Morgan fingerprint density at radius 1 is 1.30 bits per heavy atom. The van der Waals surface area contributed by atoms with Gasteiger partial charge in [-0.15, -0.1) is 0 Å². The molecule has 1 aromatic carbocycles. The quantitative estimate of drug-likeness (QED) is 0.901. The van der Waals surface area contributed by atoms with Crippen LogP contribution in [-0.4, -0.2) is 29.0 Å². The minimum atomic E-state index is -1.00. The van der Waals surface area contributed by atoms with Crippen LogP contribution in [0, 0.1) is 6.92 Å². The molecule has 0 radical (unpaired) electrons. The van der Waals surface area contributed by atoms with Gasteiger partial charge >= 0.3 is 5.97 Å². The highest BCUT2D eigenvalue weighted by atomic mass is 32.1. The van der Waals surface area contributed by atoms with Crippen molar-refractivity contribution in [2.75, 3.05) is 17.7 Å². The molecule has 0 unspecified atom stereocenters. The normalized spacial score (nSPS) is 10.3. The molecule has 1 amide bonds. The first-order chi connectivity index (χ1) is 9.40. The number of carboxylic acids is 1. The molecule has 0 aliphatic carbocycles. The average molecular weight is 291 g/mol. The molecule has 7 heteroatoms. The van der Waals surface area contributed by atoms with E-state index in [4.69, 9.17) is 10.8 Å². The molecule has 0 aliphatic rings. The van der Waals surface area contributed by atoms with Crippen LogP contribution in [0.3, 0.4) is 0 Å². The second-order valence-corrected chi connectivity index (χ2v) is 5.21. The number of hydrogen-bond acceptors (Lipinski definition) is 5. The van der Waals surface area contributed by atoms with Crippen molar-refractivity contribution in [2.24, 2.45) is 0 Å². The van der Waals surface area contributed by atoms with E-state index in [0.29, 0.717) is 21.4 Å². The summed E-state index contributed by atoms with van der Waals surface area (Å²) in [4.78, 5) is 29.0. The smallest absolute Gasteiger partial charge is 0.335 e. The third kappa shape index (κ3) is 2.62. The highest BCUT2D eigenvalue weighted by Crippen LogP contribution is 2.24. The number of hydrogen-bond donors (Lipinski definition) is 2. The maximum atomic E-state index is 12.3. The number of carboxylic acid groups (broad SMARTS) is 1. The second kappa shape index (κ2) is 5.30. The number of rotatable bonds is 3. The predicted octanol–water partition coefficient (Wildman–Crippen LogP) is 2.01. The minimum Gasteiger partial charge on any atom is -0.478 e. The van der Waals surface area contributed by atoms with Gasteiger partial charge in [0.1, 0.15) is 4.88 Å². The van der Waals surface area contributed by atoms with Crippen molar-refractivity contribution in [3.63, 3.8) is 0 Å². The number of nitrogens with zero attached hydrogens (tertiary/aromatic N) is 2. The molecule has 2 rings (SSSR count). The lowest BCUT2D eigenvalue weighted by molar-refractivity contribution is 0.0696. The minimum absolute atomic E-state index is 0.174. The zero-order valence-corrected chi connectivity index (χ0v) is 11.8. The fraction of sp³-hybridized carbons (Fsp3) is 0.154. The molecule has 0 aliphatic heterocycles. The average Bonchev–Trinajstić information content (AvgIpc) is 2.76. The monoisotopic (exact) mass is 291 g/mol. The molecule has 1 aromatic heterocycles. The first kappa shape index (κ1) is 14.0. The van der Waals surface area contributed by atoms with Crippen LogP contribution in [0.1, 0.15) is 25.7 Å². The number of aromatic nitrogens is 1. The van der Waals surface area contributed by atoms with Crippen molar-refractivity contribution in [2.45, 2.75) is 6.92 Å². The Morgan fingerprint density at radius 3 is 2.35 bits per heavy atom. The largest absolute Gasteiger partial charge is 0.478 e. The number of amides is 1. The molecule has 0 fully saturated rings. The number of carbonyl (C=O) groups excluding carboxylic acids is 1. The van der Waals surface area contributed by atoms with E-state index in [9.17, 15) is 9.59 Å². The predicted molar refractivity (Wildman–Crippen MR) is 77.4 cm³/mol. The number of aryl methyl sites for hydroxylation is 1. The van der Waals surface area contributed by atoms with Gasteiger partial charge in [0.15, 0.2) is 5.13 Å². The molecule has 0 bridgehead atoms. The lowest BCUT2D eigenvalue weighted by atomic mass is 10.2. The van der Waals surface area contributed by atoms with E-state index in [1.54, 1.807) is 26.1 Å². The van der Waals surface area contributed by atoms with Crippen LogP contribution in [-0.2, 0) is 0 Å². The van der Waals surface area contributed by atoms with Crippen LogP contribution in [0.15, 0.2) is 24.3 Å².